The number of morpholine rings is 1. The summed E-state index contributed by atoms with van der Waals surface area (Å²) in [7, 11) is 1.34. The molecule has 7 nitrogen and oxygen atoms in total. The van der Waals surface area contributed by atoms with Crippen LogP contribution in [0.4, 0.5) is 5.69 Å². The number of carbonyl (C=O) groups excluding carboxylic acids is 1. The van der Waals surface area contributed by atoms with Crippen LogP contribution in [-0.2, 0) is 19.8 Å². The number of nitrogens with zero attached hydrogens (tertiary/aromatic N) is 2. The van der Waals surface area contributed by atoms with Crippen molar-refractivity contribution in [3.05, 3.63) is 75.8 Å². The molecule has 2 aliphatic rings. The summed E-state index contributed by atoms with van der Waals surface area (Å²) in [6, 6.07) is 16.0. The maximum Gasteiger partial charge on any atom is 0.333 e. The molecule has 26 heavy (non-hydrogen) atoms. The van der Waals surface area contributed by atoms with Gasteiger partial charge in [0.2, 0.25) is 0 Å². The van der Waals surface area contributed by atoms with Gasteiger partial charge in [0, 0.05) is 18.7 Å². The maximum atomic E-state index is 12.7. The molecule has 2 aliphatic heterocycles. The number of rotatable bonds is 4. The van der Waals surface area contributed by atoms with Crippen molar-refractivity contribution in [2.45, 2.75) is 17.7 Å². The predicted octanol–water partition coefficient (Wildman–Crippen LogP) is 2.42. The molecule has 2 heterocycles. The van der Waals surface area contributed by atoms with Crippen LogP contribution in [0.5, 0.6) is 0 Å². The lowest BCUT2D eigenvalue weighted by atomic mass is 9.88. The molecule has 4 rings (SSSR count). The van der Waals surface area contributed by atoms with Crippen LogP contribution in [0.15, 0.2) is 54.6 Å². The van der Waals surface area contributed by atoms with E-state index in [1.54, 1.807) is 12.1 Å². The van der Waals surface area contributed by atoms with Crippen LogP contribution >= 0.6 is 0 Å². The molecule has 2 fully saturated rings. The molecule has 1 unspecified atom stereocenters. The van der Waals surface area contributed by atoms with Crippen molar-refractivity contribution in [1.29, 1.82) is 0 Å². The smallest absolute Gasteiger partial charge is 0.333 e. The minimum absolute atomic E-state index is 0.0185. The first-order chi connectivity index (χ1) is 12.6. The molecule has 0 N–H and O–H groups in total. The second-order valence-electron chi connectivity index (χ2n) is 6.52. The maximum absolute atomic E-state index is 12.7. The Kier molecular flexibility index (Phi) is 3.97. The van der Waals surface area contributed by atoms with Crippen molar-refractivity contribution in [1.82, 2.24) is 4.90 Å². The van der Waals surface area contributed by atoms with Gasteiger partial charge in [-0.3, -0.25) is 15.0 Å². The van der Waals surface area contributed by atoms with E-state index in [1.165, 1.54) is 19.2 Å². The minimum Gasteiger partial charge on any atom is -0.467 e. The predicted molar refractivity (Wildman–Crippen MR) is 92.4 cm³/mol. The fourth-order valence-corrected chi connectivity index (χ4v) is 3.79. The zero-order valence-corrected chi connectivity index (χ0v) is 14.2. The molecular formula is C19H18N2O5. The molecule has 0 saturated carbocycles. The Morgan fingerprint density at radius 1 is 1.23 bits per heavy atom. The van der Waals surface area contributed by atoms with Crippen molar-refractivity contribution in [2.75, 3.05) is 20.3 Å². The highest BCUT2D eigenvalue weighted by Crippen LogP contribution is 2.49. The highest BCUT2D eigenvalue weighted by Gasteiger charge is 2.63. The van der Waals surface area contributed by atoms with Crippen LogP contribution in [0, 0.1) is 10.1 Å². The molecule has 4 atom stereocenters. The number of esters is 1. The van der Waals surface area contributed by atoms with Crippen LogP contribution < -0.4 is 0 Å². The van der Waals surface area contributed by atoms with E-state index in [0.717, 1.165) is 5.56 Å². The first kappa shape index (κ1) is 16.7. The van der Waals surface area contributed by atoms with Gasteiger partial charge < -0.3 is 9.47 Å². The van der Waals surface area contributed by atoms with Crippen LogP contribution in [0.1, 0.15) is 17.2 Å². The summed E-state index contributed by atoms with van der Waals surface area (Å²) in [5, 5.41) is 10.9. The van der Waals surface area contributed by atoms with Gasteiger partial charge in [-0.2, -0.15) is 0 Å². The Balaban J connectivity index is 1.68. The van der Waals surface area contributed by atoms with Gasteiger partial charge in [0.1, 0.15) is 0 Å². The number of ether oxygens (including phenoxy) is 2. The Labute approximate surface area is 150 Å². The third kappa shape index (κ3) is 2.48. The molecule has 0 bridgehead atoms. The number of carbonyl (C=O) groups is 1. The molecule has 2 aromatic carbocycles. The van der Waals surface area contributed by atoms with E-state index in [9.17, 15) is 14.9 Å². The molecule has 0 aliphatic carbocycles. The summed E-state index contributed by atoms with van der Waals surface area (Å²) < 4.78 is 11.2. The molecular weight excluding hydrogens is 336 g/mol. The van der Waals surface area contributed by atoms with E-state index in [2.05, 4.69) is 4.90 Å². The van der Waals surface area contributed by atoms with Crippen molar-refractivity contribution < 1.29 is 19.2 Å². The average molecular weight is 354 g/mol. The molecule has 2 saturated heterocycles. The van der Waals surface area contributed by atoms with Gasteiger partial charge in [0.15, 0.2) is 5.54 Å². The van der Waals surface area contributed by atoms with E-state index >= 15 is 0 Å². The topological polar surface area (TPSA) is 81.7 Å². The number of methoxy groups -OCH3 is 1. The summed E-state index contributed by atoms with van der Waals surface area (Å²) in [6.07, 6.45) is -0.105. The van der Waals surface area contributed by atoms with Gasteiger partial charge >= 0.3 is 5.97 Å². The summed E-state index contributed by atoms with van der Waals surface area (Å²) in [5.74, 6) is -0.416. The summed E-state index contributed by atoms with van der Waals surface area (Å²) in [6.45, 7) is 0.833. The van der Waals surface area contributed by atoms with Crippen molar-refractivity contribution >= 4 is 11.7 Å². The number of non-ortho nitro benzene ring substituents is 1. The van der Waals surface area contributed by atoms with E-state index in [4.69, 9.17) is 9.47 Å². The lowest BCUT2D eigenvalue weighted by Gasteiger charge is -2.39. The lowest BCUT2D eigenvalue weighted by Crippen LogP contribution is -2.52. The quantitative estimate of drug-likeness (QED) is 0.363. The van der Waals surface area contributed by atoms with Crippen molar-refractivity contribution in [3.8, 4) is 0 Å². The van der Waals surface area contributed by atoms with Gasteiger partial charge in [-0.05, 0) is 23.3 Å². The molecule has 7 heteroatoms. The largest absolute Gasteiger partial charge is 0.467 e. The number of nitro groups is 1. The normalized spacial score (nSPS) is 29.5. The monoisotopic (exact) mass is 354 g/mol. The molecule has 2 aromatic rings. The number of hydrogen-bond donors (Lipinski definition) is 0. The number of fused-ring (bicyclic) bond motifs is 1. The Morgan fingerprint density at radius 3 is 2.54 bits per heavy atom. The Hall–Kier alpha value is -2.77. The number of hydrogen-bond acceptors (Lipinski definition) is 6. The zero-order valence-electron chi connectivity index (χ0n) is 14.2. The average Bonchev–Trinajstić information content (AvgIpc) is 3.48. The second-order valence-corrected chi connectivity index (χ2v) is 6.52. The fourth-order valence-electron chi connectivity index (χ4n) is 3.79. The van der Waals surface area contributed by atoms with Crippen LogP contribution in [0.3, 0.4) is 0 Å². The third-order valence-corrected chi connectivity index (χ3v) is 5.17. The van der Waals surface area contributed by atoms with E-state index < -0.39 is 16.4 Å². The highest BCUT2D eigenvalue weighted by molar-refractivity contribution is 5.84. The lowest BCUT2D eigenvalue weighted by molar-refractivity contribution is -0.384. The second kappa shape index (κ2) is 6.19. The van der Waals surface area contributed by atoms with Crippen molar-refractivity contribution in [3.63, 3.8) is 0 Å². The highest BCUT2D eigenvalue weighted by atomic mass is 16.6. The van der Waals surface area contributed by atoms with Crippen molar-refractivity contribution in [2.24, 2.45) is 0 Å². The zero-order chi connectivity index (χ0) is 18.3. The molecule has 0 radical (unpaired) electrons. The summed E-state index contributed by atoms with van der Waals surface area (Å²) >= 11 is 0. The molecule has 0 aromatic heterocycles. The van der Waals surface area contributed by atoms with Gasteiger partial charge in [-0.25, -0.2) is 4.79 Å². The van der Waals surface area contributed by atoms with Gasteiger partial charge in [-0.1, -0.05) is 30.3 Å². The SMILES string of the molecule is COC(=O)[C@]1(c2ccc([N+](=O)[O-])cc2)CO[C@@H](c2ccccc2)[C@@H]2CN21. The van der Waals surface area contributed by atoms with E-state index in [-0.39, 0.29) is 24.4 Å². The van der Waals surface area contributed by atoms with E-state index in [0.29, 0.717) is 12.1 Å². The van der Waals surface area contributed by atoms with Gasteiger partial charge in [0.25, 0.3) is 5.69 Å². The molecule has 0 spiro atoms. The summed E-state index contributed by atoms with van der Waals surface area (Å²) in [5.41, 5.74) is 0.626. The third-order valence-electron chi connectivity index (χ3n) is 5.17. The number of benzene rings is 2. The Morgan fingerprint density at radius 2 is 1.92 bits per heavy atom. The minimum atomic E-state index is -1.07. The first-order valence-corrected chi connectivity index (χ1v) is 8.34. The fraction of sp³-hybridized carbons (Fsp3) is 0.316. The standard InChI is InChI=1S/C19H18N2O5/c1-25-18(22)19(14-7-9-15(10-8-14)21(23)24)12-26-17(16-11-20(16)19)13-5-3-2-4-6-13/h2-10,16-17H,11-12H2,1H3/t16-,17-,19+,20?/m0/s1. The summed E-state index contributed by atoms with van der Waals surface area (Å²) in [4.78, 5) is 25.2. The number of nitro benzene ring substituents is 1. The van der Waals surface area contributed by atoms with Gasteiger partial charge in [0.05, 0.1) is 30.8 Å². The Bertz CT molecular complexity index is 839. The van der Waals surface area contributed by atoms with Crippen LogP contribution in [-0.4, -0.2) is 42.1 Å². The van der Waals surface area contributed by atoms with Gasteiger partial charge in [-0.15, -0.1) is 0 Å². The molecule has 0 amide bonds. The van der Waals surface area contributed by atoms with E-state index in [1.807, 2.05) is 30.3 Å². The van der Waals surface area contributed by atoms with Crippen LogP contribution in [0.25, 0.3) is 0 Å². The van der Waals surface area contributed by atoms with Crippen LogP contribution in [0.2, 0.25) is 0 Å². The molecule has 134 valence electrons. The first-order valence-electron chi connectivity index (χ1n) is 8.34.